The van der Waals surface area contributed by atoms with Gasteiger partial charge in [-0.05, 0) is 25.4 Å². The van der Waals surface area contributed by atoms with Gasteiger partial charge < -0.3 is 16.2 Å². The number of aliphatic carboxylic acids is 1. The largest absolute Gasteiger partial charge is 0.480 e. The molecule has 1 aromatic heterocycles. The lowest BCUT2D eigenvalue weighted by molar-refractivity contribution is -0.142. The summed E-state index contributed by atoms with van der Waals surface area (Å²) in [5.41, 5.74) is 5.40. The summed E-state index contributed by atoms with van der Waals surface area (Å²) < 4.78 is 0. The Morgan fingerprint density at radius 1 is 1.53 bits per heavy atom. The molecule has 0 saturated heterocycles. The summed E-state index contributed by atoms with van der Waals surface area (Å²) in [5, 5.41) is 13.4. The van der Waals surface area contributed by atoms with E-state index < -0.39 is 23.8 Å². The van der Waals surface area contributed by atoms with Crippen LogP contribution in [0.1, 0.15) is 17.3 Å². The summed E-state index contributed by atoms with van der Waals surface area (Å²) in [7, 11) is 1.53. The topological polar surface area (TPSA) is 113 Å². The molecule has 0 aromatic carbocycles. The lowest BCUT2D eigenvalue weighted by atomic mass is 10.3. The Bertz CT molecular complexity index is 500. The van der Waals surface area contributed by atoms with Crippen molar-refractivity contribution in [3.63, 3.8) is 0 Å². The average molecular weight is 285 g/mol. The number of carbonyl (C=O) groups is 3. The molecule has 1 aromatic rings. The van der Waals surface area contributed by atoms with Gasteiger partial charge in [0.25, 0.3) is 5.91 Å². The number of carboxylic acid groups (broad SMARTS) is 1. The highest BCUT2D eigenvalue weighted by Gasteiger charge is 2.20. The lowest BCUT2D eigenvalue weighted by Gasteiger charge is -2.20. The number of carbonyl (C=O) groups excluding carboxylic acids is 2. The van der Waals surface area contributed by atoms with E-state index in [0.717, 1.165) is 0 Å². The van der Waals surface area contributed by atoms with Crippen molar-refractivity contribution in [2.45, 2.75) is 13.0 Å². The summed E-state index contributed by atoms with van der Waals surface area (Å²) >= 11 is 1.18. The number of rotatable bonds is 6. The summed E-state index contributed by atoms with van der Waals surface area (Å²) in [5.74, 6) is -2.03. The van der Waals surface area contributed by atoms with E-state index in [9.17, 15) is 14.4 Å². The molecule has 2 amide bonds. The molecular weight excluding hydrogens is 270 g/mol. The van der Waals surface area contributed by atoms with Crippen LogP contribution in [0, 0.1) is 0 Å². The molecule has 0 fully saturated rings. The van der Waals surface area contributed by atoms with E-state index in [2.05, 4.69) is 5.32 Å². The number of anilines is 1. The Morgan fingerprint density at radius 3 is 2.68 bits per heavy atom. The van der Waals surface area contributed by atoms with Crippen molar-refractivity contribution >= 4 is 34.1 Å². The molecule has 1 atom stereocenters. The lowest BCUT2D eigenvalue weighted by Crippen LogP contribution is -2.40. The predicted molar refractivity (Wildman–Crippen MR) is 71.2 cm³/mol. The molecule has 1 rings (SSSR count). The van der Waals surface area contributed by atoms with Crippen molar-refractivity contribution in [3.8, 4) is 0 Å². The number of hydrogen-bond donors (Lipinski definition) is 3. The van der Waals surface area contributed by atoms with E-state index in [0.29, 0.717) is 5.00 Å². The van der Waals surface area contributed by atoms with Crippen LogP contribution in [-0.4, -0.2) is 47.4 Å². The highest BCUT2D eigenvalue weighted by Crippen LogP contribution is 2.22. The molecule has 1 unspecified atom stereocenters. The first-order valence-corrected chi connectivity index (χ1v) is 6.31. The summed E-state index contributed by atoms with van der Waals surface area (Å²) in [6.45, 7) is 1.39. The van der Waals surface area contributed by atoms with Gasteiger partial charge in [0.05, 0.1) is 12.1 Å². The van der Waals surface area contributed by atoms with E-state index in [1.807, 2.05) is 0 Å². The SMILES string of the molecule is CC(C(=O)O)N(C)CC(=O)Nc1sccc1C(N)=O. The standard InChI is InChI=1S/C11H15N3O4S/c1-6(11(17)18)14(2)5-8(15)13-10-7(9(12)16)3-4-19-10/h3-4,6H,5H2,1-2H3,(H2,12,16)(H,13,15)(H,17,18). The number of hydrogen-bond acceptors (Lipinski definition) is 5. The first-order valence-electron chi connectivity index (χ1n) is 5.43. The van der Waals surface area contributed by atoms with Gasteiger partial charge in [-0.3, -0.25) is 19.3 Å². The number of thiophene rings is 1. The third-order valence-electron chi connectivity index (χ3n) is 2.60. The molecular formula is C11H15N3O4S. The molecule has 104 valence electrons. The fourth-order valence-corrected chi connectivity index (χ4v) is 2.13. The maximum Gasteiger partial charge on any atom is 0.320 e. The molecule has 0 saturated carbocycles. The van der Waals surface area contributed by atoms with Gasteiger partial charge in [-0.1, -0.05) is 0 Å². The molecule has 19 heavy (non-hydrogen) atoms. The smallest absolute Gasteiger partial charge is 0.320 e. The van der Waals surface area contributed by atoms with E-state index >= 15 is 0 Å². The molecule has 0 radical (unpaired) electrons. The number of nitrogens with zero attached hydrogens (tertiary/aromatic N) is 1. The molecule has 0 aliphatic rings. The third-order valence-corrected chi connectivity index (χ3v) is 3.43. The molecule has 0 aliphatic heterocycles. The average Bonchev–Trinajstić information content (AvgIpc) is 2.75. The second-order valence-corrected chi connectivity index (χ2v) is 4.92. The minimum Gasteiger partial charge on any atom is -0.480 e. The van der Waals surface area contributed by atoms with Gasteiger partial charge >= 0.3 is 5.97 Å². The Morgan fingerprint density at radius 2 is 2.16 bits per heavy atom. The number of carboxylic acids is 1. The zero-order valence-electron chi connectivity index (χ0n) is 10.5. The number of nitrogens with two attached hydrogens (primary N) is 1. The Balaban J connectivity index is 2.63. The zero-order chi connectivity index (χ0) is 14.6. The van der Waals surface area contributed by atoms with Crippen molar-refractivity contribution < 1.29 is 19.5 Å². The number of primary amides is 1. The van der Waals surface area contributed by atoms with Crippen LogP contribution in [0.4, 0.5) is 5.00 Å². The van der Waals surface area contributed by atoms with Crippen molar-refractivity contribution in [2.24, 2.45) is 5.73 Å². The van der Waals surface area contributed by atoms with Crippen LogP contribution < -0.4 is 11.1 Å². The third kappa shape index (κ3) is 4.04. The van der Waals surface area contributed by atoms with Crippen molar-refractivity contribution in [2.75, 3.05) is 18.9 Å². The van der Waals surface area contributed by atoms with Crippen molar-refractivity contribution in [3.05, 3.63) is 17.0 Å². The maximum atomic E-state index is 11.7. The summed E-state index contributed by atoms with van der Waals surface area (Å²) in [4.78, 5) is 34.9. The summed E-state index contributed by atoms with van der Waals surface area (Å²) in [6.07, 6.45) is 0. The Hall–Kier alpha value is -1.93. The molecule has 0 bridgehead atoms. The molecule has 0 aliphatic carbocycles. The van der Waals surface area contributed by atoms with Crippen LogP contribution in [0.5, 0.6) is 0 Å². The van der Waals surface area contributed by atoms with Crippen LogP contribution >= 0.6 is 11.3 Å². The fraction of sp³-hybridized carbons (Fsp3) is 0.364. The fourth-order valence-electron chi connectivity index (χ4n) is 1.32. The van der Waals surface area contributed by atoms with E-state index in [1.165, 1.54) is 36.3 Å². The molecule has 1 heterocycles. The van der Waals surface area contributed by atoms with Gasteiger partial charge in [-0.25, -0.2) is 0 Å². The molecule has 0 spiro atoms. The second kappa shape index (κ2) is 6.30. The normalized spacial score (nSPS) is 12.2. The van der Waals surface area contributed by atoms with Crippen LogP contribution in [0.3, 0.4) is 0 Å². The monoisotopic (exact) mass is 285 g/mol. The van der Waals surface area contributed by atoms with Gasteiger partial charge in [0.2, 0.25) is 5.91 Å². The molecule has 7 nitrogen and oxygen atoms in total. The molecule has 8 heteroatoms. The number of nitrogens with one attached hydrogen (secondary N) is 1. The van der Waals surface area contributed by atoms with Gasteiger partial charge in [0.1, 0.15) is 11.0 Å². The first kappa shape index (κ1) is 15.1. The summed E-state index contributed by atoms with van der Waals surface area (Å²) in [6, 6.07) is 0.747. The number of amides is 2. The second-order valence-electron chi connectivity index (χ2n) is 4.01. The van der Waals surface area contributed by atoms with Gasteiger partial charge in [0.15, 0.2) is 0 Å². The van der Waals surface area contributed by atoms with Crippen LogP contribution in [0.2, 0.25) is 0 Å². The van der Waals surface area contributed by atoms with Gasteiger partial charge in [-0.2, -0.15) is 0 Å². The van der Waals surface area contributed by atoms with E-state index in [4.69, 9.17) is 10.8 Å². The minimum absolute atomic E-state index is 0.0937. The number of likely N-dealkylation sites (N-methyl/N-ethyl adjacent to an activating group) is 1. The Labute approximate surface area is 114 Å². The van der Waals surface area contributed by atoms with Crippen LogP contribution in [0.25, 0.3) is 0 Å². The van der Waals surface area contributed by atoms with Gasteiger partial charge in [-0.15, -0.1) is 11.3 Å². The quantitative estimate of drug-likeness (QED) is 0.690. The van der Waals surface area contributed by atoms with E-state index in [1.54, 1.807) is 5.38 Å². The van der Waals surface area contributed by atoms with Crippen molar-refractivity contribution in [1.82, 2.24) is 4.90 Å². The highest BCUT2D eigenvalue weighted by molar-refractivity contribution is 7.14. The van der Waals surface area contributed by atoms with Crippen molar-refractivity contribution in [1.29, 1.82) is 0 Å². The van der Waals surface area contributed by atoms with E-state index in [-0.39, 0.29) is 12.1 Å². The van der Waals surface area contributed by atoms with Crippen LogP contribution in [-0.2, 0) is 9.59 Å². The van der Waals surface area contributed by atoms with Crippen LogP contribution in [0.15, 0.2) is 11.4 Å². The molecule has 4 N–H and O–H groups in total. The maximum absolute atomic E-state index is 11.7. The first-order chi connectivity index (χ1) is 8.82. The predicted octanol–water partition coefficient (Wildman–Crippen LogP) is 0.190. The Kier molecular flexibility index (Phi) is 5.02. The minimum atomic E-state index is -1.01. The highest BCUT2D eigenvalue weighted by atomic mass is 32.1. The zero-order valence-corrected chi connectivity index (χ0v) is 11.4. The van der Waals surface area contributed by atoms with Gasteiger partial charge in [0, 0.05) is 0 Å².